The number of benzene rings is 1. The second-order valence-electron chi connectivity index (χ2n) is 7.90. The van der Waals surface area contributed by atoms with Crippen molar-refractivity contribution in [1.29, 1.82) is 0 Å². The van der Waals surface area contributed by atoms with Gasteiger partial charge in [-0.25, -0.2) is 14.6 Å². The smallest absolute Gasteiger partial charge is 0.339 e. The first-order valence-electron chi connectivity index (χ1n) is 11.0. The average Bonchev–Trinajstić information content (AvgIpc) is 3.63. The van der Waals surface area contributed by atoms with E-state index in [1.165, 1.54) is 6.26 Å². The lowest BCUT2D eigenvalue weighted by Crippen LogP contribution is -2.41. The molecule has 176 valence electrons. The van der Waals surface area contributed by atoms with Crippen LogP contribution in [-0.2, 0) is 22.5 Å². The van der Waals surface area contributed by atoms with E-state index in [2.05, 4.69) is 10.6 Å². The maximum Gasteiger partial charge on any atom is 0.339 e. The van der Waals surface area contributed by atoms with E-state index in [9.17, 15) is 14.4 Å². The van der Waals surface area contributed by atoms with Crippen molar-refractivity contribution in [2.75, 3.05) is 6.61 Å². The molecule has 0 fully saturated rings. The highest BCUT2D eigenvalue weighted by atomic mass is 16.5. The van der Waals surface area contributed by atoms with Crippen molar-refractivity contribution in [3.8, 4) is 0 Å². The third kappa shape index (κ3) is 4.84. The lowest BCUT2D eigenvalue weighted by atomic mass is 10.0. The predicted octanol–water partition coefficient (Wildman–Crippen LogP) is 4.09. The first-order chi connectivity index (χ1) is 17.1. The number of ether oxygens (including phenoxy) is 1. The maximum atomic E-state index is 13.1. The molecule has 0 atom stereocenters. The first kappa shape index (κ1) is 22.1. The zero-order valence-electron chi connectivity index (χ0n) is 18.6. The standard InChI is InChI=1S/C26H21N3O6/c30-22(29-26(32)27-14-18-6-4-12-34-18)15-35-25(31)23-19-7-1-2-8-21(19)28-24-16(9-10-20(23)24)13-17-5-3-11-33-17/h1-8,11-13H,9-10,14-15H2,(H2,27,29,30,32). The van der Waals surface area contributed by atoms with Crippen LogP contribution in [0.3, 0.4) is 0 Å². The fourth-order valence-electron chi connectivity index (χ4n) is 4.05. The molecule has 9 heteroatoms. The molecule has 1 aromatic carbocycles. The average molecular weight is 471 g/mol. The number of carbonyl (C=O) groups excluding carboxylic acids is 3. The van der Waals surface area contributed by atoms with Gasteiger partial charge in [0.25, 0.3) is 5.91 Å². The van der Waals surface area contributed by atoms with Crippen molar-refractivity contribution < 1.29 is 28.0 Å². The Morgan fingerprint density at radius 3 is 2.63 bits per heavy atom. The van der Waals surface area contributed by atoms with Crippen LogP contribution in [0.2, 0.25) is 0 Å². The molecule has 0 saturated heterocycles. The second kappa shape index (κ2) is 9.68. The summed E-state index contributed by atoms with van der Waals surface area (Å²) in [7, 11) is 0. The summed E-state index contributed by atoms with van der Waals surface area (Å²) in [5, 5.41) is 5.27. The van der Waals surface area contributed by atoms with Gasteiger partial charge < -0.3 is 18.9 Å². The molecule has 9 nitrogen and oxygen atoms in total. The summed E-state index contributed by atoms with van der Waals surface area (Å²) >= 11 is 0. The van der Waals surface area contributed by atoms with E-state index in [1.807, 2.05) is 30.3 Å². The van der Waals surface area contributed by atoms with Crippen LogP contribution in [0.4, 0.5) is 4.79 Å². The van der Waals surface area contributed by atoms with E-state index in [0.717, 1.165) is 11.1 Å². The number of para-hydroxylation sites is 1. The van der Waals surface area contributed by atoms with Crippen LogP contribution in [0, 0.1) is 0 Å². The number of urea groups is 1. The van der Waals surface area contributed by atoms with Gasteiger partial charge in [-0.05, 0) is 60.4 Å². The van der Waals surface area contributed by atoms with Crippen molar-refractivity contribution >= 4 is 40.5 Å². The quantitative estimate of drug-likeness (QED) is 0.406. The topological polar surface area (TPSA) is 124 Å². The van der Waals surface area contributed by atoms with Crippen LogP contribution >= 0.6 is 0 Å². The molecule has 4 aromatic rings. The molecule has 2 N–H and O–H groups in total. The van der Waals surface area contributed by atoms with Crippen molar-refractivity contribution in [2.45, 2.75) is 19.4 Å². The Kier molecular flexibility index (Phi) is 6.13. The summed E-state index contributed by atoms with van der Waals surface area (Å²) in [5.41, 5.74) is 3.47. The Bertz CT molecular complexity index is 1420. The van der Waals surface area contributed by atoms with E-state index >= 15 is 0 Å². The van der Waals surface area contributed by atoms with Gasteiger partial charge in [-0.3, -0.25) is 10.1 Å². The highest BCUT2D eigenvalue weighted by Crippen LogP contribution is 2.37. The van der Waals surface area contributed by atoms with Gasteiger partial charge in [0.05, 0.1) is 35.8 Å². The summed E-state index contributed by atoms with van der Waals surface area (Å²) in [5.74, 6) is -0.152. The lowest BCUT2D eigenvalue weighted by molar-refractivity contribution is -0.123. The monoisotopic (exact) mass is 471 g/mol. The van der Waals surface area contributed by atoms with E-state index in [-0.39, 0.29) is 6.54 Å². The van der Waals surface area contributed by atoms with E-state index in [0.29, 0.717) is 46.5 Å². The minimum Gasteiger partial charge on any atom is -0.467 e. The summed E-state index contributed by atoms with van der Waals surface area (Å²) in [4.78, 5) is 42.0. The number of allylic oxidation sites excluding steroid dienone is 1. The number of carbonyl (C=O) groups is 3. The molecular weight excluding hydrogens is 450 g/mol. The van der Waals surface area contributed by atoms with Crippen LogP contribution in [0.25, 0.3) is 22.6 Å². The molecule has 35 heavy (non-hydrogen) atoms. The number of fused-ring (bicyclic) bond motifs is 2. The normalized spacial score (nSPS) is 13.5. The minimum absolute atomic E-state index is 0.120. The third-order valence-electron chi connectivity index (χ3n) is 5.60. The van der Waals surface area contributed by atoms with E-state index in [1.54, 1.807) is 30.5 Å². The molecule has 1 aliphatic rings. The number of aromatic nitrogens is 1. The maximum absolute atomic E-state index is 13.1. The SMILES string of the molecule is O=C(COC(=O)c1c2c(nc3ccccc13)C(=Cc1ccco1)CC2)NC(=O)NCc1ccco1. The largest absolute Gasteiger partial charge is 0.467 e. The van der Waals surface area contributed by atoms with Crippen LogP contribution in [0.1, 0.15) is 39.6 Å². The molecule has 3 aromatic heterocycles. The van der Waals surface area contributed by atoms with Crippen LogP contribution < -0.4 is 10.6 Å². The summed E-state index contributed by atoms with van der Waals surface area (Å²) in [6, 6.07) is 13.6. The molecule has 0 saturated carbocycles. The molecule has 3 amide bonds. The summed E-state index contributed by atoms with van der Waals surface area (Å²) < 4.78 is 15.8. The highest BCUT2D eigenvalue weighted by molar-refractivity contribution is 6.07. The van der Waals surface area contributed by atoms with Crippen LogP contribution in [0.5, 0.6) is 0 Å². The fraction of sp³-hybridized carbons (Fsp3) is 0.154. The fourth-order valence-corrected chi connectivity index (χ4v) is 4.05. The number of nitrogens with one attached hydrogen (secondary N) is 2. The molecule has 3 heterocycles. The zero-order valence-corrected chi connectivity index (χ0v) is 18.6. The van der Waals surface area contributed by atoms with Crippen molar-refractivity contribution in [2.24, 2.45) is 0 Å². The molecule has 5 rings (SSSR count). The zero-order chi connectivity index (χ0) is 24.2. The van der Waals surface area contributed by atoms with Gasteiger partial charge in [0.1, 0.15) is 11.5 Å². The molecule has 1 aliphatic carbocycles. The van der Waals surface area contributed by atoms with Gasteiger partial charge in [0.2, 0.25) is 0 Å². The van der Waals surface area contributed by atoms with Crippen molar-refractivity contribution in [3.05, 3.63) is 89.4 Å². The Hall–Kier alpha value is -4.66. The molecular formula is C26H21N3O6. The minimum atomic E-state index is -0.747. The van der Waals surface area contributed by atoms with Crippen LogP contribution in [0.15, 0.2) is 69.9 Å². The molecule has 0 spiro atoms. The second-order valence-corrected chi connectivity index (χ2v) is 7.90. The number of hydrogen-bond acceptors (Lipinski definition) is 7. The number of amides is 3. The number of hydrogen-bond donors (Lipinski definition) is 2. The van der Waals surface area contributed by atoms with Gasteiger partial charge in [0, 0.05) is 5.39 Å². The van der Waals surface area contributed by atoms with Gasteiger partial charge in [-0.2, -0.15) is 0 Å². The third-order valence-corrected chi connectivity index (χ3v) is 5.60. The number of imide groups is 1. The Morgan fingerprint density at radius 1 is 1.00 bits per heavy atom. The van der Waals surface area contributed by atoms with Crippen molar-refractivity contribution in [1.82, 2.24) is 15.6 Å². The van der Waals surface area contributed by atoms with E-state index in [4.69, 9.17) is 18.6 Å². The van der Waals surface area contributed by atoms with Gasteiger partial charge in [-0.1, -0.05) is 18.2 Å². The number of furan rings is 2. The summed E-state index contributed by atoms with van der Waals surface area (Å²) in [6.45, 7) is -0.484. The highest BCUT2D eigenvalue weighted by Gasteiger charge is 2.28. The molecule has 0 unspecified atom stereocenters. The summed E-state index contributed by atoms with van der Waals surface area (Å²) in [6.07, 6.45) is 6.29. The Labute approximate surface area is 199 Å². The Balaban J connectivity index is 1.31. The predicted molar refractivity (Wildman–Crippen MR) is 126 cm³/mol. The molecule has 0 bridgehead atoms. The molecule has 0 radical (unpaired) electrons. The first-order valence-corrected chi connectivity index (χ1v) is 11.0. The number of pyridine rings is 1. The number of esters is 1. The molecule has 0 aliphatic heterocycles. The number of nitrogens with zero attached hydrogens (tertiary/aromatic N) is 1. The van der Waals surface area contributed by atoms with Gasteiger partial charge in [0.15, 0.2) is 6.61 Å². The van der Waals surface area contributed by atoms with Gasteiger partial charge in [-0.15, -0.1) is 0 Å². The number of rotatable bonds is 6. The van der Waals surface area contributed by atoms with Gasteiger partial charge >= 0.3 is 12.0 Å². The van der Waals surface area contributed by atoms with Crippen molar-refractivity contribution in [3.63, 3.8) is 0 Å². The Morgan fingerprint density at radius 2 is 1.83 bits per heavy atom. The lowest BCUT2D eigenvalue weighted by Gasteiger charge is -2.12. The van der Waals surface area contributed by atoms with E-state index < -0.39 is 24.5 Å². The van der Waals surface area contributed by atoms with Crippen LogP contribution in [-0.4, -0.2) is 29.5 Å².